The zero-order chi connectivity index (χ0) is 18.1. The van der Waals surface area contributed by atoms with Crippen molar-refractivity contribution in [2.45, 2.75) is 6.54 Å². The number of nitrogens with one attached hydrogen (secondary N) is 1. The molecule has 26 heavy (non-hydrogen) atoms. The summed E-state index contributed by atoms with van der Waals surface area (Å²) in [5.74, 6) is 0.160. The topological polar surface area (TPSA) is 112 Å². The van der Waals surface area contributed by atoms with Gasteiger partial charge in [0.1, 0.15) is 11.8 Å². The van der Waals surface area contributed by atoms with Gasteiger partial charge in [0, 0.05) is 23.1 Å². The van der Waals surface area contributed by atoms with E-state index >= 15 is 0 Å². The van der Waals surface area contributed by atoms with E-state index in [4.69, 9.17) is 5.73 Å². The van der Waals surface area contributed by atoms with Crippen molar-refractivity contribution in [3.05, 3.63) is 65.9 Å². The minimum atomic E-state index is 0.160. The summed E-state index contributed by atoms with van der Waals surface area (Å²) in [4.78, 5) is 4.58. The number of aromatic nitrogens is 3. The lowest BCUT2D eigenvalue weighted by Gasteiger charge is -2.11. The Balaban J connectivity index is 2.03. The zero-order valence-corrected chi connectivity index (χ0v) is 13.8. The van der Waals surface area contributed by atoms with Crippen molar-refractivity contribution < 1.29 is 5.11 Å². The van der Waals surface area contributed by atoms with Crippen molar-refractivity contribution in [1.82, 2.24) is 15.2 Å². The first kappa shape index (κ1) is 15.8. The van der Waals surface area contributed by atoms with Crippen LogP contribution >= 0.6 is 0 Å². The van der Waals surface area contributed by atoms with Gasteiger partial charge in [0.25, 0.3) is 0 Å². The Kier molecular flexibility index (Phi) is 3.84. The van der Waals surface area contributed by atoms with Crippen LogP contribution in [-0.4, -0.2) is 20.3 Å². The Bertz CT molecular complexity index is 1120. The van der Waals surface area contributed by atoms with E-state index in [1.54, 1.807) is 30.5 Å². The van der Waals surface area contributed by atoms with Crippen molar-refractivity contribution in [3.63, 3.8) is 0 Å². The van der Waals surface area contributed by atoms with Gasteiger partial charge < -0.3 is 10.8 Å². The quantitative estimate of drug-likeness (QED) is 0.529. The standard InChI is InChI=1S/C20H15N5O/c21-9-12-1-3-13(4-2-12)18-16(10-22)19(14-5-7-15(26)8-6-14)24-20-17(18)11-23-25-20/h1-8,11,26H,9,21H2,(H,23,24,25). The monoisotopic (exact) mass is 341 g/mol. The van der Waals surface area contributed by atoms with Crippen molar-refractivity contribution in [2.24, 2.45) is 5.73 Å². The van der Waals surface area contributed by atoms with E-state index in [0.717, 1.165) is 27.6 Å². The van der Waals surface area contributed by atoms with Crippen LogP contribution in [0.5, 0.6) is 5.75 Å². The molecule has 0 aliphatic rings. The maximum atomic E-state index is 9.88. The third kappa shape index (κ3) is 2.57. The van der Waals surface area contributed by atoms with Crippen LogP contribution in [0.3, 0.4) is 0 Å². The van der Waals surface area contributed by atoms with Crippen molar-refractivity contribution >= 4 is 11.0 Å². The van der Waals surface area contributed by atoms with Crippen LogP contribution in [-0.2, 0) is 6.54 Å². The summed E-state index contributed by atoms with van der Waals surface area (Å²) in [7, 11) is 0. The number of hydrogen-bond donors (Lipinski definition) is 3. The van der Waals surface area contributed by atoms with Gasteiger partial charge in [-0.05, 0) is 35.4 Å². The Morgan fingerprint density at radius 2 is 1.73 bits per heavy atom. The number of pyridine rings is 1. The van der Waals surface area contributed by atoms with Crippen molar-refractivity contribution in [3.8, 4) is 34.2 Å². The normalized spacial score (nSPS) is 10.8. The molecule has 0 fully saturated rings. The molecular formula is C20H15N5O. The Morgan fingerprint density at radius 1 is 1.04 bits per heavy atom. The molecule has 0 aliphatic heterocycles. The molecule has 0 amide bonds. The number of phenols is 1. The molecule has 0 spiro atoms. The predicted octanol–water partition coefficient (Wildman–Crippen LogP) is 3.33. The number of hydrogen-bond acceptors (Lipinski definition) is 5. The van der Waals surface area contributed by atoms with Crippen LogP contribution in [0.4, 0.5) is 0 Å². The van der Waals surface area contributed by atoms with Gasteiger partial charge in [-0.2, -0.15) is 10.4 Å². The first-order chi connectivity index (χ1) is 12.7. The summed E-state index contributed by atoms with van der Waals surface area (Å²) in [6, 6.07) is 16.7. The number of benzene rings is 2. The minimum absolute atomic E-state index is 0.160. The predicted molar refractivity (Wildman–Crippen MR) is 99.0 cm³/mol. The molecule has 4 aromatic rings. The summed E-state index contributed by atoms with van der Waals surface area (Å²) >= 11 is 0. The maximum Gasteiger partial charge on any atom is 0.156 e. The Labute approximate surface area is 149 Å². The number of fused-ring (bicyclic) bond motifs is 1. The molecule has 6 nitrogen and oxygen atoms in total. The second-order valence-corrected chi connectivity index (χ2v) is 5.90. The van der Waals surface area contributed by atoms with Crippen LogP contribution in [0, 0.1) is 11.3 Å². The fourth-order valence-electron chi connectivity index (χ4n) is 3.01. The number of phenolic OH excluding ortho intramolecular Hbond substituents is 1. The van der Waals surface area contributed by atoms with Gasteiger partial charge in [-0.25, -0.2) is 4.98 Å². The molecule has 4 rings (SSSR count). The number of H-pyrrole nitrogens is 1. The number of aromatic hydroxyl groups is 1. The van der Waals surface area contributed by atoms with Gasteiger partial charge >= 0.3 is 0 Å². The van der Waals surface area contributed by atoms with Crippen LogP contribution < -0.4 is 5.73 Å². The number of nitriles is 1. The van der Waals surface area contributed by atoms with Crippen LogP contribution in [0.25, 0.3) is 33.4 Å². The molecule has 2 heterocycles. The summed E-state index contributed by atoms with van der Waals surface area (Å²) in [6.07, 6.45) is 1.68. The van der Waals surface area contributed by atoms with E-state index in [9.17, 15) is 10.4 Å². The minimum Gasteiger partial charge on any atom is -0.508 e. The molecule has 0 saturated heterocycles. The average Bonchev–Trinajstić information content (AvgIpc) is 3.15. The average molecular weight is 341 g/mol. The largest absolute Gasteiger partial charge is 0.508 e. The van der Waals surface area contributed by atoms with Gasteiger partial charge in [-0.3, -0.25) is 5.10 Å². The molecule has 0 aliphatic carbocycles. The van der Waals surface area contributed by atoms with Gasteiger partial charge in [0.05, 0.1) is 17.5 Å². The highest BCUT2D eigenvalue weighted by Crippen LogP contribution is 2.36. The van der Waals surface area contributed by atoms with Crippen LogP contribution in [0.2, 0.25) is 0 Å². The van der Waals surface area contributed by atoms with Crippen LogP contribution in [0.15, 0.2) is 54.7 Å². The highest BCUT2D eigenvalue weighted by molar-refractivity contribution is 5.99. The van der Waals surface area contributed by atoms with E-state index in [1.165, 1.54) is 0 Å². The number of rotatable bonds is 3. The van der Waals surface area contributed by atoms with E-state index in [2.05, 4.69) is 21.3 Å². The molecule has 6 heteroatoms. The van der Waals surface area contributed by atoms with Crippen molar-refractivity contribution in [1.29, 1.82) is 5.26 Å². The molecule has 4 N–H and O–H groups in total. The molecule has 2 aromatic carbocycles. The van der Waals surface area contributed by atoms with Gasteiger partial charge in [0.15, 0.2) is 5.65 Å². The Hall–Kier alpha value is -3.69. The second-order valence-electron chi connectivity index (χ2n) is 5.90. The molecule has 126 valence electrons. The number of aromatic amines is 1. The molecule has 0 saturated carbocycles. The molecule has 0 bridgehead atoms. The van der Waals surface area contributed by atoms with E-state index in [0.29, 0.717) is 23.4 Å². The smallest absolute Gasteiger partial charge is 0.156 e. The fourth-order valence-corrected chi connectivity index (χ4v) is 3.01. The third-order valence-electron chi connectivity index (χ3n) is 4.33. The number of nitrogens with zero attached hydrogens (tertiary/aromatic N) is 3. The lowest BCUT2D eigenvalue weighted by atomic mass is 9.94. The summed E-state index contributed by atoms with van der Waals surface area (Å²) in [5, 5.41) is 27.2. The molecule has 0 unspecified atom stereocenters. The summed E-state index contributed by atoms with van der Waals surface area (Å²) in [6.45, 7) is 0.460. The fraction of sp³-hybridized carbons (Fsp3) is 0.0500. The Morgan fingerprint density at radius 3 is 2.38 bits per heavy atom. The maximum absolute atomic E-state index is 9.88. The molecule has 0 atom stereocenters. The van der Waals surface area contributed by atoms with Crippen LogP contribution in [0.1, 0.15) is 11.1 Å². The molecular weight excluding hydrogens is 326 g/mol. The van der Waals surface area contributed by atoms with Crippen molar-refractivity contribution in [2.75, 3.05) is 0 Å². The highest BCUT2D eigenvalue weighted by atomic mass is 16.3. The summed E-state index contributed by atoms with van der Waals surface area (Å²) < 4.78 is 0. The lowest BCUT2D eigenvalue weighted by molar-refractivity contribution is 0.475. The first-order valence-corrected chi connectivity index (χ1v) is 8.07. The van der Waals surface area contributed by atoms with E-state index in [-0.39, 0.29) is 5.75 Å². The van der Waals surface area contributed by atoms with E-state index in [1.807, 2.05) is 24.3 Å². The number of nitrogens with two attached hydrogens (primary N) is 1. The highest BCUT2D eigenvalue weighted by Gasteiger charge is 2.19. The van der Waals surface area contributed by atoms with Gasteiger partial charge in [0.2, 0.25) is 0 Å². The van der Waals surface area contributed by atoms with Gasteiger partial charge in [-0.1, -0.05) is 24.3 Å². The van der Waals surface area contributed by atoms with Gasteiger partial charge in [-0.15, -0.1) is 0 Å². The summed E-state index contributed by atoms with van der Waals surface area (Å²) in [5.41, 5.74) is 10.7. The molecule has 2 aromatic heterocycles. The van der Waals surface area contributed by atoms with E-state index < -0.39 is 0 Å². The third-order valence-corrected chi connectivity index (χ3v) is 4.33. The second kappa shape index (κ2) is 6.31. The SMILES string of the molecule is N#Cc1c(-c2ccc(O)cc2)nc2[nH]ncc2c1-c1ccc(CN)cc1. The lowest BCUT2D eigenvalue weighted by Crippen LogP contribution is -1.97. The zero-order valence-electron chi connectivity index (χ0n) is 13.8. The first-order valence-electron chi connectivity index (χ1n) is 8.07. The molecule has 0 radical (unpaired) electrons.